The van der Waals surface area contributed by atoms with E-state index in [1.165, 1.54) is 0 Å². The summed E-state index contributed by atoms with van der Waals surface area (Å²) in [6.45, 7) is 4.09. The maximum Gasteiger partial charge on any atom is 0.145 e. The number of nitrogens with zero attached hydrogens (tertiary/aromatic N) is 2. The molecule has 1 heterocycles. The summed E-state index contributed by atoms with van der Waals surface area (Å²) in [7, 11) is 0. The molecule has 0 unspecified atom stereocenters. The molecule has 1 rings (SSSR count). The molecule has 0 radical (unpaired) electrons. The largest absolute Gasteiger partial charge is 0.395 e. The zero-order valence-electron chi connectivity index (χ0n) is 9.74. The van der Waals surface area contributed by atoms with E-state index in [9.17, 15) is 0 Å². The van der Waals surface area contributed by atoms with Crippen molar-refractivity contribution in [1.29, 1.82) is 0 Å². The molecule has 1 aromatic heterocycles. The van der Waals surface area contributed by atoms with Crippen molar-refractivity contribution >= 4 is 11.5 Å². The lowest BCUT2D eigenvalue weighted by Gasteiger charge is -2.01. The van der Waals surface area contributed by atoms with Gasteiger partial charge in [-0.15, -0.1) is 0 Å². The van der Waals surface area contributed by atoms with Gasteiger partial charge in [0.2, 0.25) is 0 Å². The lowest BCUT2D eigenvalue weighted by Crippen LogP contribution is -2.18. The molecule has 0 aliphatic heterocycles. The van der Waals surface area contributed by atoms with E-state index >= 15 is 0 Å². The van der Waals surface area contributed by atoms with Gasteiger partial charge in [-0.25, -0.2) is 4.68 Å². The first kappa shape index (κ1) is 12.8. The number of nitrogens with one attached hydrogen (secondary N) is 1. The van der Waals surface area contributed by atoms with Crippen molar-refractivity contribution in [2.75, 3.05) is 24.6 Å². The van der Waals surface area contributed by atoms with E-state index in [2.05, 4.69) is 17.3 Å². The predicted octanol–water partition coefficient (Wildman–Crippen LogP) is -0.0705. The van der Waals surface area contributed by atoms with E-state index in [0.29, 0.717) is 24.6 Å². The molecule has 6 N–H and O–H groups in total. The van der Waals surface area contributed by atoms with Crippen LogP contribution in [0.25, 0.3) is 0 Å². The topological polar surface area (TPSA) is 102 Å². The maximum absolute atomic E-state index is 8.65. The smallest absolute Gasteiger partial charge is 0.145 e. The number of aliphatic hydroxyl groups is 1. The average molecular weight is 227 g/mol. The van der Waals surface area contributed by atoms with Crippen LogP contribution in [0.3, 0.4) is 0 Å². The normalized spacial score (nSPS) is 10.9. The fourth-order valence-corrected chi connectivity index (χ4v) is 1.44. The predicted molar refractivity (Wildman–Crippen MR) is 64.8 cm³/mol. The van der Waals surface area contributed by atoms with Gasteiger partial charge < -0.3 is 21.9 Å². The van der Waals surface area contributed by atoms with Gasteiger partial charge >= 0.3 is 0 Å². The number of hydrogen-bond donors (Lipinski definition) is 4. The summed E-state index contributed by atoms with van der Waals surface area (Å²) < 4.78 is 1.74. The monoisotopic (exact) mass is 227 g/mol. The van der Waals surface area contributed by atoms with E-state index in [0.717, 1.165) is 25.1 Å². The number of anilines is 2. The molecule has 0 aromatic carbocycles. The zero-order valence-corrected chi connectivity index (χ0v) is 9.74. The van der Waals surface area contributed by atoms with Crippen LogP contribution in [0.4, 0.5) is 11.5 Å². The number of aromatic nitrogens is 2. The summed E-state index contributed by atoms with van der Waals surface area (Å²) in [5.74, 6) is 0.536. The second-order valence-electron chi connectivity index (χ2n) is 3.72. The van der Waals surface area contributed by atoms with Crippen LogP contribution in [0, 0.1) is 0 Å². The molecule has 6 heteroatoms. The van der Waals surface area contributed by atoms with E-state index in [-0.39, 0.29) is 6.61 Å². The molecule has 0 bridgehead atoms. The molecule has 0 atom stereocenters. The van der Waals surface area contributed by atoms with Gasteiger partial charge in [0, 0.05) is 19.6 Å². The van der Waals surface area contributed by atoms with Gasteiger partial charge in [-0.3, -0.25) is 0 Å². The van der Waals surface area contributed by atoms with Crippen LogP contribution in [-0.4, -0.2) is 28.0 Å². The molecule has 0 saturated heterocycles. The van der Waals surface area contributed by atoms with E-state index < -0.39 is 0 Å². The molecule has 0 fully saturated rings. The van der Waals surface area contributed by atoms with Crippen molar-refractivity contribution in [3.8, 4) is 0 Å². The van der Waals surface area contributed by atoms with Crippen LogP contribution < -0.4 is 16.8 Å². The second kappa shape index (κ2) is 6.34. The zero-order chi connectivity index (χ0) is 12.0. The molecular weight excluding hydrogens is 206 g/mol. The van der Waals surface area contributed by atoms with Gasteiger partial charge in [0.05, 0.1) is 12.3 Å². The minimum absolute atomic E-state index is 0.103. The molecule has 0 aliphatic rings. The Morgan fingerprint density at radius 2 is 2.19 bits per heavy atom. The molecule has 0 amide bonds. The fraction of sp³-hybridized carbons (Fsp3) is 0.700. The van der Waals surface area contributed by atoms with Crippen molar-refractivity contribution in [2.24, 2.45) is 0 Å². The highest BCUT2D eigenvalue weighted by atomic mass is 16.3. The molecule has 6 nitrogen and oxygen atoms in total. The Morgan fingerprint density at radius 1 is 1.44 bits per heavy atom. The van der Waals surface area contributed by atoms with Crippen molar-refractivity contribution in [2.45, 2.75) is 32.9 Å². The van der Waals surface area contributed by atoms with Crippen LogP contribution in [0.2, 0.25) is 0 Å². The Bertz CT molecular complexity index is 323. The fourth-order valence-electron chi connectivity index (χ4n) is 1.44. The van der Waals surface area contributed by atoms with Crippen molar-refractivity contribution in [3.63, 3.8) is 0 Å². The first-order chi connectivity index (χ1) is 7.70. The van der Waals surface area contributed by atoms with Gasteiger partial charge in [-0.1, -0.05) is 13.3 Å². The first-order valence-electron chi connectivity index (χ1n) is 5.62. The molecular formula is C10H21N5O. The van der Waals surface area contributed by atoms with Crippen LogP contribution in [0.5, 0.6) is 0 Å². The third kappa shape index (κ3) is 3.11. The number of rotatable bonds is 7. The van der Waals surface area contributed by atoms with Crippen molar-refractivity contribution < 1.29 is 5.11 Å². The maximum atomic E-state index is 8.65. The van der Waals surface area contributed by atoms with Gasteiger partial charge in [-0.2, -0.15) is 5.10 Å². The number of hydrogen-bond acceptors (Lipinski definition) is 5. The van der Waals surface area contributed by atoms with Crippen LogP contribution in [0.15, 0.2) is 0 Å². The van der Waals surface area contributed by atoms with E-state index in [1.54, 1.807) is 4.68 Å². The Hall–Kier alpha value is -1.27. The summed E-state index contributed by atoms with van der Waals surface area (Å²) in [5.41, 5.74) is 13.0. The first-order valence-corrected chi connectivity index (χ1v) is 5.62. The Kier molecular flexibility index (Phi) is 5.07. The Labute approximate surface area is 95.6 Å². The van der Waals surface area contributed by atoms with E-state index in [4.69, 9.17) is 16.6 Å². The molecule has 0 saturated carbocycles. The molecule has 0 spiro atoms. The summed E-state index contributed by atoms with van der Waals surface area (Å²) in [6, 6.07) is 0. The number of nitrogen functional groups attached to an aromatic ring is 2. The Morgan fingerprint density at radius 3 is 2.81 bits per heavy atom. The van der Waals surface area contributed by atoms with E-state index in [1.807, 2.05) is 0 Å². The number of unbranched alkanes of at least 4 members (excludes halogenated alkanes) is 1. The summed E-state index contributed by atoms with van der Waals surface area (Å²) in [5, 5.41) is 16.0. The lowest BCUT2D eigenvalue weighted by atomic mass is 10.3. The van der Waals surface area contributed by atoms with Crippen molar-refractivity contribution in [1.82, 2.24) is 15.1 Å². The minimum atomic E-state index is 0.103. The van der Waals surface area contributed by atoms with Gasteiger partial charge in [0.15, 0.2) is 0 Å². The number of nitrogens with two attached hydrogens (primary N) is 2. The van der Waals surface area contributed by atoms with Crippen LogP contribution in [-0.2, 0) is 13.1 Å². The SMILES string of the molecule is CCCCn1nc(CNCCO)c(N)c1N. The molecule has 0 aliphatic carbocycles. The Balaban J connectivity index is 2.63. The van der Waals surface area contributed by atoms with Gasteiger partial charge in [-0.05, 0) is 6.42 Å². The van der Waals surface area contributed by atoms with Gasteiger partial charge in [0.25, 0.3) is 0 Å². The van der Waals surface area contributed by atoms with Crippen LogP contribution in [0.1, 0.15) is 25.5 Å². The number of aliphatic hydroxyl groups excluding tert-OH is 1. The third-order valence-electron chi connectivity index (χ3n) is 2.41. The standard InChI is InChI=1S/C10H21N5O/c1-2-3-5-15-10(12)9(11)8(14-15)7-13-4-6-16/h13,16H,2-7,11-12H2,1H3. The quantitative estimate of drug-likeness (QED) is 0.488. The third-order valence-corrected chi connectivity index (χ3v) is 2.41. The molecule has 1 aromatic rings. The van der Waals surface area contributed by atoms with Gasteiger partial charge in [0.1, 0.15) is 11.5 Å². The lowest BCUT2D eigenvalue weighted by molar-refractivity contribution is 0.291. The summed E-state index contributed by atoms with van der Waals surface area (Å²) in [6.07, 6.45) is 2.13. The summed E-state index contributed by atoms with van der Waals surface area (Å²) in [4.78, 5) is 0. The number of aryl methyl sites for hydroxylation is 1. The highest BCUT2D eigenvalue weighted by Crippen LogP contribution is 2.19. The van der Waals surface area contributed by atoms with Crippen molar-refractivity contribution in [3.05, 3.63) is 5.69 Å². The minimum Gasteiger partial charge on any atom is -0.395 e. The highest BCUT2D eigenvalue weighted by molar-refractivity contribution is 5.62. The summed E-state index contributed by atoms with van der Waals surface area (Å²) >= 11 is 0. The highest BCUT2D eigenvalue weighted by Gasteiger charge is 2.11. The average Bonchev–Trinajstić information content (AvgIpc) is 2.55. The molecule has 16 heavy (non-hydrogen) atoms. The van der Waals surface area contributed by atoms with Crippen LogP contribution >= 0.6 is 0 Å². The second-order valence-corrected chi connectivity index (χ2v) is 3.72. The molecule has 92 valence electrons.